The molecule has 2 aromatic rings. The van der Waals surface area contributed by atoms with Crippen LogP contribution in [0.3, 0.4) is 0 Å². The van der Waals surface area contributed by atoms with Gasteiger partial charge in [0.1, 0.15) is 0 Å². The van der Waals surface area contributed by atoms with Gasteiger partial charge in [-0.1, -0.05) is 15.9 Å². The van der Waals surface area contributed by atoms with Crippen molar-refractivity contribution in [1.82, 2.24) is 14.9 Å². The standard InChI is InChI=1S/C10H12BrN5O/c11-6-1-2-8-7(5-6)15-9(12)16(8)4-3-14-10(13)17/h1-2,5H,3-4H2,(H2,12,15)(H3,13,14,17). The van der Waals surface area contributed by atoms with Crippen LogP contribution in [0.2, 0.25) is 0 Å². The Morgan fingerprint density at radius 3 is 3.00 bits per heavy atom. The second-order valence-electron chi connectivity index (χ2n) is 3.55. The molecule has 0 atom stereocenters. The molecular weight excluding hydrogens is 286 g/mol. The van der Waals surface area contributed by atoms with E-state index in [0.29, 0.717) is 19.0 Å². The van der Waals surface area contributed by atoms with Crippen LogP contribution >= 0.6 is 15.9 Å². The number of hydrogen-bond donors (Lipinski definition) is 3. The van der Waals surface area contributed by atoms with Gasteiger partial charge in [-0.2, -0.15) is 0 Å². The molecule has 0 radical (unpaired) electrons. The molecular formula is C10H12BrN5O. The quantitative estimate of drug-likeness (QED) is 0.789. The van der Waals surface area contributed by atoms with E-state index in [1.807, 2.05) is 22.8 Å². The maximum atomic E-state index is 10.6. The Morgan fingerprint density at radius 2 is 2.29 bits per heavy atom. The Kier molecular flexibility index (Phi) is 3.19. The lowest BCUT2D eigenvalue weighted by atomic mass is 10.3. The number of aromatic nitrogens is 2. The summed E-state index contributed by atoms with van der Waals surface area (Å²) in [4.78, 5) is 14.8. The van der Waals surface area contributed by atoms with Gasteiger partial charge in [0, 0.05) is 17.6 Å². The van der Waals surface area contributed by atoms with Crippen molar-refractivity contribution in [3.8, 4) is 0 Å². The van der Waals surface area contributed by atoms with Gasteiger partial charge >= 0.3 is 6.03 Å². The third-order valence-corrected chi connectivity index (χ3v) is 2.87. The number of nitrogens with two attached hydrogens (primary N) is 2. The molecule has 1 aromatic carbocycles. The third-order valence-electron chi connectivity index (χ3n) is 2.37. The Labute approximate surface area is 106 Å². The number of carbonyl (C=O) groups excluding carboxylic acids is 1. The summed E-state index contributed by atoms with van der Waals surface area (Å²) in [6, 6.07) is 5.19. The van der Waals surface area contributed by atoms with Crippen LogP contribution in [0.5, 0.6) is 0 Å². The number of primary amides is 1. The first-order chi connectivity index (χ1) is 8.08. The number of nitrogens with zero attached hydrogens (tertiary/aromatic N) is 2. The van der Waals surface area contributed by atoms with E-state index in [2.05, 4.69) is 26.2 Å². The van der Waals surface area contributed by atoms with E-state index < -0.39 is 6.03 Å². The van der Waals surface area contributed by atoms with Crippen LogP contribution in [-0.2, 0) is 6.54 Å². The average molecular weight is 298 g/mol. The Balaban J connectivity index is 2.27. The number of amides is 2. The number of carbonyl (C=O) groups is 1. The number of imidazole rings is 1. The summed E-state index contributed by atoms with van der Waals surface area (Å²) in [5.41, 5.74) is 12.5. The number of benzene rings is 1. The van der Waals surface area contributed by atoms with Gasteiger partial charge in [0.15, 0.2) is 0 Å². The molecule has 0 aliphatic rings. The van der Waals surface area contributed by atoms with E-state index in [4.69, 9.17) is 11.5 Å². The van der Waals surface area contributed by atoms with Gasteiger partial charge in [0.2, 0.25) is 5.95 Å². The van der Waals surface area contributed by atoms with Crippen molar-refractivity contribution in [2.75, 3.05) is 12.3 Å². The van der Waals surface area contributed by atoms with Gasteiger partial charge in [0.05, 0.1) is 11.0 Å². The van der Waals surface area contributed by atoms with E-state index in [9.17, 15) is 4.79 Å². The summed E-state index contributed by atoms with van der Waals surface area (Å²) in [5.74, 6) is 0.421. The zero-order chi connectivity index (χ0) is 12.4. The summed E-state index contributed by atoms with van der Waals surface area (Å²) in [5, 5.41) is 2.51. The molecule has 17 heavy (non-hydrogen) atoms. The summed E-state index contributed by atoms with van der Waals surface area (Å²) < 4.78 is 2.78. The number of urea groups is 1. The predicted octanol–water partition coefficient (Wildman–Crippen LogP) is 1.05. The van der Waals surface area contributed by atoms with E-state index in [1.165, 1.54) is 0 Å². The van der Waals surface area contributed by atoms with E-state index >= 15 is 0 Å². The molecule has 0 bridgehead atoms. The molecule has 0 saturated carbocycles. The lowest BCUT2D eigenvalue weighted by molar-refractivity contribution is 0.248. The topological polar surface area (TPSA) is 99.0 Å². The minimum Gasteiger partial charge on any atom is -0.369 e. The number of fused-ring (bicyclic) bond motifs is 1. The SMILES string of the molecule is NC(=O)NCCn1c(N)nc2cc(Br)ccc21. The summed E-state index contributed by atoms with van der Waals surface area (Å²) in [7, 11) is 0. The van der Waals surface area contributed by atoms with E-state index in [-0.39, 0.29) is 0 Å². The highest BCUT2D eigenvalue weighted by Crippen LogP contribution is 2.21. The normalized spacial score (nSPS) is 10.6. The van der Waals surface area contributed by atoms with Crippen molar-refractivity contribution >= 4 is 38.9 Å². The molecule has 2 amide bonds. The molecule has 0 spiro atoms. The molecule has 5 N–H and O–H groups in total. The van der Waals surface area contributed by atoms with E-state index in [0.717, 1.165) is 15.5 Å². The first-order valence-electron chi connectivity index (χ1n) is 5.02. The molecule has 0 unspecified atom stereocenters. The molecule has 0 saturated heterocycles. The fraction of sp³-hybridized carbons (Fsp3) is 0.200. The third kappa shape index (κ3) is 2.50. The molecule has 1 aromatic heterocycles. The number of halogens is 1. The molecule has 6 nitrogen and oxygen atoms in total. The second-order valence-corrected chi connectivity index (χ2v) is 4.46. The first-order valence-corrected chi connectivity index (χ1v) is 5.82. The molecule has 90 valence electrons. The van der Waals surface area contributed by atoms with E-state index in [1.54, 1.807) is 0 Å². The van der Waals surface area contributed by atoms with Crippen molar-refractivity contribution in [3.63, 3.8) is 0 Å². The van der Waals surface area contributed by atoms with Gasteiger partial charge < -0.3 is 21.4 Å². The van der Waals surface area contributed by atoms with Crippen LogP contribution in [0.15, 0.2) is 22.7 Å². The van der Waals surface area contributed by atoms with Crippen molar-refractivity contribution in [2.24, 2.45) is 5.73 Å². The largest absolute Gasteiger partial charge is 0.369 e. The van der Waals surface area contributed by atoms with Crippen LogP contribution in [0.4, 0.5) is 10.7 Å². The molecule has 7 heteroatoms. The summed E-state index contributed by atoms with van der Waals surface area (Å²) in [6.07, 6.45) is 0. The van der Waals surface area contributed by atoms with Crippen molar-refractivity contribution in [3.05, 3.63) is 22.7 Å². The Hall–Kier alpha value is -1.76. The van der Waals surface area contributed by atoms with Crippen LogP contribution in [0.25, 0.3) is 11.0 Å². The zero-order valence-electron chi connectivity index (χ0n) is 8.98. The lowest BCUT2D eigenvalue weighted by Gasteiger charge is -2.06. The number of nitrogen functional groups attached to an aromatic ring is 1. The molecule has 0 fully saturated rings. The van der Waals surface area contributed by atoms with Gasteiger partial charge in [-0.05, 0) is 18.2 Å². The molecule has 2 rings (SSSR count). The lowest BCUT2D eigenvalue weighted by Crippen LogP contribution is -2.32. The fourth-order valence-electron chi connectivity index (χ4n) is 1.65. The highest BCUT2D eigenvalue weighted by atomic mass is 79.9. The van der Waals surface area contributed by atoms with Gasteiger partial charge in [0.25, 0.3) is 0 Å². The van der Waals surface area contributed by atoms with Crippen LogP contribution in [0, 0.1) is 0 Å². The van der Waals surface area contributed by atoms with Crippen molar-refractivity contribution in [1.29, 1.82) is 0 Å². The average Bonchev–Trinajstić information content (AvgIpc) is 2.54. The van der Waals surface area contributed by atoms with Gasteiger partial charge in [-0.15, -0.1) is 0 Å². The smallest absolute Gasteiger partial charge is 0.312 e. The molecule has 1 heterocycles. The predicted molar refractivity (Wildman–Crippen MR) is 69.4 cm³/mol. The zero-order valence-corrected chi connectivity index (χ0v) is 10.6. The maximum Gasteiger partial charge on any atom is 0.312 e. The second kappa shape index (κ2) is 4.62. The molecule has 0 aliphatic carbocycles. The first kappa shape index (κ1) is 11.7. The van der Waals surface area contributed by atoms with Crippen molar-refractivity contribution in [2.45, 2.75) is 6.54 Å². The Bertz CT molecular complexity index is 565. The highest BCUT2D eigenvalue weighted by Gasteiger charge is 2.07. The van der Waals surface area contributed by atoms with Crippen molar-refractivity contribution < 1.29 is 4.79 Å². The number of anilines is 1. The van der Waals surface area contributed by atoms with Crippen LogP contribution in [-0.4, -0.2) is 22.1 Å². The number of hydrogen-bond acceptors (Lipinski definition) is 3. The number of rotatable bonds is 3. The monoisotopic (exact) mass is 297 g/mol. The molecule has 0 aliphatic heterocycles. The fourth-order valence-corrected chi connectivity index (χ4v) is 2.00. The van der Waals surface area contributed by atoms with Crippen LogP contribution in [0.1, 0.15) is 0 Å². The van der Waals surface area contributed by atoms with Gasteiger partial charge in [-0.3, -0.25) is 0 Å². The maximum absolute atomic E-state index is 10.6. The Morgan fingerprint density at radius 1 is 1.53 bits per heavy atom. The minimum atomic E-state index is -0.546. The number of nitrogens with one attached hydrogen (secondary N) is 1. The summed E-state index contributed by atoms with van der Waals surface area (Å²) >= 11 is 3.37. The highest BCUT2D eigenvalue weighted by molar-refractivity contribution is 9.10. The summed E-state index contributed by atoms with van der Waals surface area (Å²) in [6.45, 7) is 0.952. The van der Waals surface area contributed by atoms with Gasteiger partial charge in [-0.25, -0.2) is 9.78 Å². The minimum absolute atomic E-state index is 0.418. The van der Waals surface area contributed by atoms with Crippen LogP contribution < -0.4 is 16.8 Å².